The van der Waals surface area contributed by atoms with Gasteiger partial charge < -0.3 is 10.4 Å². The van der Waals surface area contributed by atoms with Crippen molar-refractivity contribution in [2.24, 2.45) is 0 Å². The molecule has 6 heteroatoms. The molecule has 0 aliphatic rings. The lowest BCUT2D eigenvalue weighted by atomic mass is 10.2. The second kappa shape index (κ2) is 4.88. The summed E-state index contributed by atoms with van der Waals surface area (Å²) in [7, 11) is 0. The molecule has 1 unspecified atom stereocenters. The van der Waals surface area contributed by atoms with Crippen LogP contribution in [0.1, 0.15) is 23.8 Å². The van der Waals surface area contributed by atoms with Crippen molar-refractivity contribution in [2.75, 3.05) is 6.61 Å². The van der Waals surface area contributed by atoms with E-state index < -0.39 is 0 Å². The molecule has 0 fully saturated rings. The van der Waals surface area contributed by atoms with Crippen molar-refractivity contribution >= 4 is 17.4 Å². The smallest absolute Gasteiger partial charge is 0.273 e. The van der Waals surface area contributed by atoms with Gasteiger partial charge in [-0.3, -0.25) is 4.79 Å². The van der Waals surface area contributed by atoms with Gasteiger partial charge in [0.25, 0.3) is 5.91 Å². The van der Waals surface area contributed by atoms with Crippen molar-refractivity contribution in [3.05, 3.63) is 11.1 Å². The Morgan fingerprint density at radius 1 is 1.85 bits per heavy atom. The van der Waals surface area contributed by atoms with Crippen molar-refractivity contribution in [3.8, 4) is 0 Å². The van der Waals surface area contributed by atoms with E-state index in [-0.39, 0.29) is 18.6 Å². The minimum Gasteiger partial charge on any atom is -0.394 e. The Bertz CT molecular complexity index is 259. The van der Waals surface area contributed by atoms with Crippen LogP contribution in [0, 0.1) is 0 Å². The van der Waals surface area contributed by atoms with Gasteiger partial charge >= 0.3 is 0 Å². The molecular formula is C7H11N3O2S. The average Bonchev–Trinajstić information content (AvgIpc) is 2.66. The lowest BCUT2D eigenvalue weighted by Crippen LogP contribution is -2.37. The summed E-state index contributed by atoms with van der Waals surface area (Å²) in [5.41, 5.74) is 0.303. The van der Waals surface area contributed by atoms with Crippen LogP contribution in [0.3, 0.4) is 0 Å². The number of aliphatic hydroxyl groups is 1. The summed E-state index contributed by atoms with van der Waals surface area (Å²) in [6.45, 7) is 1.83. The van der Waals surface area contributed by atoms with Crippen LogP contribution in [-0.2, 0) is 0 Å². The Labute approximate surface area is 80.0 Å². The van der Waals surface area contributed by atoms with Crippen LogP contribution >= 0.6 is 11.5 Å². The number of aromatic nitrogens is 2. The third-order valence-corrected chi connectivity index (χ3v) is 2.15. The molecule has 0 spiro atoms. The summed E-state index contributed by atoms with van der Waals surface area (Å²) in [5, 5.41) is 16.6. The van der Waals surface area contributed by atoms with Gasteiger partial charge in [-0.2, -0.15) is 0 Å². The van der Waals surface area contributed by atoms with E-state index in [0.717, 1.165) is 11.5 Å². The quantitative estimate of drug-likeness (QED) is 0.721. The van der Waals surface area contributed by atoms with Gasteiger partial charge in [-0.1, -0.05) is 11.4 Å². The number of aliphatic hydroxyl groups excluding tert-OH is 1. The third-order valence-electron chi connectivity index (χ3n) is 1.64. The molecular weight excluding hydrogens is 190 g/mol. The van der Waals surface area contributed by atoms with Crippen LogP contribution < -0.4 is 5.32 Å². The van der Waals surface area contributed by atoms with E-state index in [0.29, 0.717) is 12.1 Å². The molecule has 5 nitrogen and oxygen atoms in total. The molecule has 1 rings (SSSR count). The first-order chi connectivity index (χ1) is 6.27. The Morgan fingerprint density at radius 2 is 2.62 bits per heavy atom. The molecule has 1 amide bonds. The second-order valence-electron chi connectivity index (χ2n) is 2.55. The van der Waals surface area contributed by atoms with E-state index in [4.69, 9.17) is 5.11 Å². The maximum absolute atomic E-state index is 11.3. The zero-order valence-electron chi connectivity index (χ0n) is 7.23. The number of carbonyl (C=O) groups excluding carboxylic acids is 1. The molecule has 1 heterocycles. The van der Waals surface area contributed by atoms with Crippen molar-refractivity contribution < 1.29 is 9.90 Å². The molecule has 0 saturated heterocycles. The van der Waals surface area contributed by atoms with Gasteiger partial charge in [0.2, 0.25) is 0 Å². The maximum Gasteiger partial charge on any atom is 0.273 e. The predicted octanol–water partition coefficient (Wildman–Crippen LogP) is 0.0388. The number of nitrogens with one attached hydrogen (secondary N) is 1. The largest absolute Gasteiger partial charge is 0.394 e. The van der Waals surface area contributed by atoms with Crippen LogP contribution in [-0.4, -0.2) is 33.2 Å². The highest BCUT2D eigenvalue weighted by atomic mass is 32.1. The summed E-state index contributed by atoms with van der Waals surface area (Å²) >= 11 is 1.13. The van der Waals surface area contributed by atoms with Crippen LogP contribution in [0.25, 0.3) is 0 Å². The van der Waals surface area contributed by atoms with E-state index >= 15 is 0 Å². The Balaban J connectivity index is 2.50. The molecule has 0 radical (unpaired) electrons. The molecule has 13 heavy (non-hydrogen) atoms. The SMILES string of the molecule is CCC(CO)NC(=O)c1csnn1. The van der Waals surface area contributed by atoms with E-state index in [1.54, 1.807) is 5.38 Å². The Hall–Kier alpha value is -1.01. The van der Waals surface area contributed by atoms with Gasteiger partial charge in [0.15, 0.2) is 5.69 Å². The van der Waals surface area contributed by atoms with Crippen molar-refractivity contribution in [2.45, 2.75) is 19.4 Å². The molecule has 0 aromatic carbocycles. The maximum atomic E-state index is 11.3. The van der Waals surface area contributed by atoms with Crippen LogP contribution in [0.15, 0.2) is 5.38 Å². The first kappa shape index (κ1) is 10.1. The van der Waals surface area contributed by atoms with Gasteiger partial charge in [0.05, 0.1) is 12.6 Å². The zero-order valence-corrected chi connectivity index (χ0v) is 8.04. The number of carbonyl (C=O) groups is 1. The fraction of sp³-hybridized carbons (Fsp3) is 0.571. The fourth-order valence-electron chi connectivity index (χ4n) is 0.800. The number of hydrogen-bond donors (Lipinski definition) is 2. The minimum absolute atomic E-state index is 0.0557. The van der Waals surface area contributed by atoms with Crippen molar-refractivity contribution in [1.82, 2.24) is 14.9 Å². The van der Waals surface area contributed by atoms with Gasteiger partial charge in [-0.25, -0.2) is 0 Å². The summed E-state index contributed by atoms with van der Waals surface area (Å²) < 4.78 is 3.57. The van der Waals surface area contributed by atoms with E-state index in [1.807, 2.05) is 6.92 Å². The molecule has 1 aromatic rings. The lowest BCUT2D eigenvalue weighted by molar-refractivity contribution is 0.0910. The van der Waals surface area contributed by atoms with E-state index in [1.165, 1.54) is 0 Å². The molecule has 72 valence electrons. The normalized spacial score (nSPS) is 12.5. The second-order valence-corrected chi connectivity index (χ2v) is 3.16. The lowest BCUT2D eigenvalue weighted by Gasteiger charge is -2.11. The van der Waals surface area contributed by atoms with E-state index in [2.05, 4.69) is 14.9 Å². The molecule has 1 aromatic heterocycles. The molecule has 1 atom stereocenters. The van der Waals surface area contributed by atoms with Crippen LogP contribution in [0.2, 0.25) is 0 Å². The van der Waals surface area contributed by atoms with Crippen LogP contribution in [0.5, 0.6) is 0 Å². The van der Waals surface area contributed by atoms with Crippen molar-refractivity contribution in [3.63, 3.8) is 0 Å². The van der Waals surface area contributed by atoms with Gasteiger partial charge in [-0.05, 0) is 18.0 Å². The first-order valence-electron chi connectivity index (χ1n) is 3.96. The number of rotatable bonds is 4. The highest BCUT2D eigenvalue weighted by Crippen LogP contribution is 1.98. The van der Waals surface area contributed by atoms with E-state index in [9.17, 15) is 4.79 Å². The van der Waals surface area contributed by atoms with Gasteiger partial charge in [0.1, 0.15) is 0 Å². The standard InChI is InChI=1S/C7H11N3O2S/c1-2-5(3-11)8-7(12)6-4-13-10-9-6/h4-5,11H,2-3H2,1H3,(H,8,12). The molecule has 2 N–H and O–H groups in total. The highest BCUT2D eigenvalue weighted by Gasteiger charge is 2.12. The van der Waals surface area contributed by atoms with Gasteiger partial charge in [0, 0.05) is 5.38 Å². The first-order valence-corrected chi connectivity index (χ1v) is 4.80. The third kappa shape index (κ3) is 2.74. The number of hydrogen-bond acceptors (Lipinski definition) is 5. The van der Waals surface area contributed by atoms with Crippen LogP contribution in [0.4, 0.5) is 0 Å². The summed E-state index contributed by atoms with van der Waals surface area (Å²) in [6, 6.07) is -0.200. The fourth-order valence-corrected chi connectivity index (χ4v) is 1.24. The number of amides is 1. The predicted molar refractivity (Wildman–Crippen MR) is 48.5 cm³/mol. The molecule has 0 saturated carbocycles. The summed E-state index contributed by atoms with van der Waals surface area (Å²) in [6.07, 6.45) is 0.694. The van der Waals surface area contributed by atoms with Crippen molar-refractivity contribution in [1.29, 1.82) is 0 Å². The van der Waals surface area contributed by atoms with Gasteiger partial charge in [-0.15, -0.1) is 5.10 Å². The topological polar surface area (TPSA) is 75.1 Å². The molecule has 0 bridgehead atoms. The Kier molecular flexibility index (Phi) is 3.78. The molecule has 0 aliphatic carbocycles. The highest BCUT2D eigenvalue weighted by molar-refractivity contribution is 7.03. The monoisotopic (exact) mass is 201 g/mol. The average molecular weight is 201 g/mol. The summed E-state index contributed by atoms with van der Waals surface area (Å²) in [5.74, 6) is -0.283. The zero-order chi connectivity index (χ0) is 9.68. The Morgan fingerprint density at radius 3 is 3.08 bits per heavy atom. The minimum atomic E-state index is -0.283. The number of nitrogens with zero attached hydrogens (tertiary/aromatic N) is 2. The summed E-state index contributed by atoms with van der Waals surface area (Å²) in [4.78, 5) is 11.3. The molecule has 0 aliphatic heterocycles.